The first kappa shape index (κ1) is 15.1. The molecule has 1 atom stereocenters. The van der Waals surface area contributed by atoms with Gasteiger partial charge in [-0.05, 0) is 19.1 Å². The molecule has 2 rings (SSSR count). The van der Waals surface area contributed by atoms with Crippen LogP contribution in [-0.4, -0.2) is 22.1 Å². The molecule has 0 bridgehead atoms. The van der Waals surface area contributed by atoms with E-state index in [2.05, 4.69) is 10.5 Å². The Morgan fingerprint density at radius 1 is 1.33 bits per heavy atom. The van der Waals surface area contributed by atoms with Gasteiger partial charge in [-0.3, -0.25) is 4.79 Å². The van der Waals surface area contributed by atoms with Crippen molar-refractivity contribution < 1.29 is 19.2 Å². The molecule has 0 spiro atoms. The molecular formula is C14H13ClN2O4. The van der Waals surface area contributed by atoms with Gasteiger partial charge in [0.05, 0.1) is 11.6 Å². The van der Waals surface area contributed by atoms with Gasteiger partial charge >= 0.3 is 5.97 Å². The second kappa shape index (κ2) is 5.97. The van der Waals surface area contributed by atoms with Crippen molar-refractivity contribution in [2.45, 2.75) is 19.9 Å². The molecule has 2 N–H and O–H groups in total. The van der Waals surface area contributed by atoms with Crippen molar-refractivity contribution in [1.82, 2.24) is 10.5 Å². The summed E-state index contributed by atoms with van der Waals surface area (Å²) in [6.07, 6.45) is 0. The molecule has 0 saturated heterocycles. The predicted molar refractivity (Wildman–Crippen MR) is 76.1 cm³/mol. The van der Waals surface area contributed by atoms with Crippen LogP contribution in [0, 0.1) is 0 Å². The average molecular weight is 309 g/mol. The molecule has 7 heteroatoms. The molecule has 1 amide bonds. The lowest BCUT2D eigenvalue weighted by atomic mass is 10.0. The van der Waals surface area contributed by atoms with E-state index in [0.717, 1.165) is 0 Å². The molecule has 0 unspecified atom stereocenters. The van der Waals surface area contributed by atoms with Crippen molar-refractivity contribution in [2.24, 2.45) is 0 Å². The Bertz CT molecular complexity index is 679. The molecule has 0 radical (unpaired) electrons. The Balaban J connectivity index is 2.53. The fourth-order valence-corrected chi connectivity index (χ4v) is 2.17. The molecule has 0 aliphatic carbocycles. The van der Waals surface area contributed by atoms with E-state index in [9.17, 15) is 14.7 Å². The zero-order valence-corrected chi connectivity index (χ0v) is 12.1. The van der Waals surface area contributed by atoms with Gasteiger partial charge in [0.1, 0.15) is 5.69 Å². The molecule has 1 heterocycles. The SMILES string of the molecule is CC(=O)N[C@H](C)c1c(-c2ccc(Cl)cc2)noc1C(=O)O. The second-order valence-electron chi connectivity index (χ2n) is 4.51. The van der Waals surface area contributed by atoms with E-state index in [-0.39, 0.29) is 11.7 Å². The Morgan fingerprint density at radius 3 is 2.48 bits per heavy atom. The van der Waals surface area contributed by atoms with Crippen LogP contribution in [-0.2, 0) is 4.79 Å². The number of nitrogens with zero attached hydrogens (tertiary/aromatic N) is 1. The van der Waals surface area contributed by atoms with Crippen LogP contribution in [0.4, 0.5) is 0 Å². The predicted octanol–water partition coefficient (Wildman–Crippen LogP) is 2.89. The molecule has 0 fully saturated rings. The lowest BCUT2D eigenvalue weighted by Gasteiger charge is -2.12. The van der Waals surface area contributed by atoms with Gasteiger partial charge in [0.2, 0.25) is 11.7 Å². The van der Waals surface area contributed by atoms with Crippen molar-refractivity contribution in [2.75, 3.05) is 0 Å². The number of benzene rings is 1. The highest BCUT2D eigenvalue weighted by Gasteiger charge is 2.27. The number of carboxylic acids is 1. The standard InChI is InChI=1S/C14H13ClN2O4/c1-7(16-8(2)18)11-12(17-21-13(11)14(19)20)9-3-5-10(15)6-4-9/h3-7H,1-2H3,(H,16,18)(H,19,20)/t7-/m1/s1. The van der Waals surface area contributed by atoms with E-state index in [1.807, 2.05) is 0 Å². The largest absolute Gasteiger partial charge is 0.475 e. The monoisotopic (exact) mass is 308 g/mol. The summed E-state index contributed by atoms with van der Waals surface area (Å²) in [6.45, 7) is 3.02. The van der Waals surface area contributed by atoms with Gasteiger partial charge in [0, 0.05) is 17.5 Å². The molecule has 0 aliphatic rings. The number of aromatic nitrogens is 1. The number of nitrogens with one attached hydrogen (secondary N) is 1. The maximum atomic E-state index is 11.2. The van der Waals surface area contributed by atoms with Crippen molar-refractivity contribution in [3.63, 3.8) is 0 Å². The topological polar surface area (TPSA) is 92.4 Å². The smallest absolute Gasteiger partial charge is 0.375 e. The number of carboxylic acid groups (broad SMARTS) is 1. The Hall–Kier alpha value is -2.34. The number of hydrogen-bond donors (Lipinski definition) is 2. The first-order valence-corrected chi connectivity index (χ1v) is 6.54. The van der Waals surface area contributed by atoms with Crippen molar-refractivity contribution >= 4 is 23.5 Å². The van der Waals surface area contributed by atoms with Gasteiger partial charge in [-0.1, -0.05) is 28.9 Å². The van der Waals surface area contributed by atoms with Crippen LogP contribution in [0.15, 0.2) is 28.8 Å². The summed E-state index contributed by atoms with van der Waals surface area (Å²) < 4.78 is 4.91. The van der Waals surface area contributed by atoms with Crippen LogP contribution in [0.25, 0.3) is 11.3 Å². The van der Waals surface area contributed by atoms with Gasteiger partial charge in [-0.25, -0.2) is 4.79 Å². The van der Waals surface area contributed by atoms with Crippen LogP contribution in [0.3, 0.4) is 0 Å². The highest BCUT2D eigenvalue weighted by Crippen LogP contribution is 2.31. The highest BCUT2D eigenvalue weighted by atomic mass is 35.5. The fraction of sp³-hybridized carbons (Fsp3) is 0.214. The van der Waals surface area contributed by atoms with Crippen LogP contribution in [0.1, 0.15) is 36.0 Å². The molecule has 6 nitrogen and oxygen atoms in total. The summed E-state index contributed by atoms with van der Waals surface area (Å²) in [5.74, 6) is -1.81. The van der Waals surface area contributed by atoms with Crippen molar-refractivity contribution in [3.05, 3.63) is 40.6 Å². The Morgan fingerprint density at radius 2 is 1.95 bits per heavy atom. The summed E-state index contributed by atoms with van der Waals surface area (Å²) in [7, 11) is 0. The highest BCUT2D eigenvalue weighted by molar-refractivity contribution is 6.30. The van der Waals surface area contributed by atoms with Crippen molar-refractivity contribution in [1.29, 1.82) is 0 Å². The summed E-state index contributed by atoms with van der Waals surface area (Å²) in [5, 5.41) is 16.2. The summed E-state index contributed by atoms with van der Waals surface area (Å²) in [6, 6.07) is 6.19. The maximum absolute atomic E-state index is 11.2. The lowest BCUT2D eigenvalue weighted by Crippen LogP contribution is -2.25. The maximum Gasteiger partial charge on any atom is 0.375 e. The molecular weight excluding hydrogens is 296 g/mol. The Kier molecular flexibility index (Phi) is 4.28. The number of carbonyl (C=O) groups excluding carboxylic acids is 1. The first-order valence-electron chi connectivity index (χ1n) is 6.16. The Labute approximate surface area is 125 Å². The molecule has 0 aliphatic heterocycles. The minimum absolute atomic E-state index is 0.276. The van der Waals surface area contributed by atoms with E-state index in [4.69, 9.17) is 16.1 Å². The molecule has 2 aromatic rings. The number of aromatic carboxylic acids is 1. The van der Waals surface area contributed by atoms with Gasteiger partial charge < -0.3 is 14.9 Å². The van der Waals surface area contributed by atoms with Crippen LogP contribution < -0.4 is 5.32 Å². The molecule has 1 aromatic heterocycles. The fourth-order valence-electron chi connectivity index (χ4n) is 2.05. The summed E-state index contributed by atoms with van der Waals surface area (Å²) in [4.78, 5) is 22.4. The van der Waals surface area contributed by atoms with Crippen LogP contribution in [0.2, 0.25) is 5.02 Å². The third kappa shape index (κ3) is 3.22. The number of amides is 1. The third-order valence-electron chi connectivity index (χ3n) is 2.89. The molecule has 21 heavy (non-hydrogen) atoms. The van der Waals surface area contributed by atoms with Gasteiger partial charge in [-0.15, -0.1) is 0 Å². The molecule has 1 aromatic carbocycles. The molecule has 110 valence electrons. The number of halogens is 1. The van der Waals surface area contributed by atoms with E-state index < -0.39 is 12.0 Å². The second-order valence-corrected chi connectivity index (χ2v) is 4.94. The number of rotatable bonds is 4. The lowest BCUT2D eigenvalue weighted by molar-refractivity contribution is -0.119. The number of carbonyl (C=O) groups is 2. The van der Waals surface area contributed by atoms with E-state index in [0.29, 0.717) is 21.8 Å². The summed E-state index contributed by atoms with van der Waals surface area (Å²) >= 11 is 5.83. The third-order valence-corrected chi connectivity index (χ3v) is 3.14. The zero-order chi connectivity index (χ0) is 15.6. The van der Waals surface area contributed by atoms with Crippen LogP contribution in [0.5, 0.6) is 0 Å². The minimum atomic E-state index is -1.24. The minimum Gasteiger partial charge on any atom is -0.475 e. The van der Waals surface area contributed by atoms with E-state index >= 15 is 0 Å². The average Bonchev–Trinajstić information content (AvgIpc) is 2.83. The zero-order valence-electron chi connectivity index (χ0n) is 11.4. The van der Waals surface area contributed by atoms with E-state index in [1.54, 1.807) is 31.2 Å². The molecule has 0 saturated carbocycles. The van der Waals surface area contributed by atoms with Crippen molar-refractivity contribution in [3.8, 4) is 11.3 Å². The van der Waals surface area contributed by atoms with Gasteiger partial charge in [-0.2, -0.15) is 0 Å². The summed E-state index contributed by atoms with van der Waals surface area (Å²) in [5.41, 5.74) is 1.34. The quantitative estimate of drug-likeness (QED) is 0.906. The van der Waals surface area contributed by atoms with Gasteiger partial charge in [0.15, 0.2) is 0 Å². The van der Waals surface area contributed by atoms with E-state index in [1.165, 1.54) is 6.92 Å². The number of hydrogen-bond acceptors (Lipinski definition) is 4. The normalized spacial score (nSPS) is 12.0. The first-order chi connectivity index (χ1) is 9.90. The van der Waals surface area contributed by atoms with Gasteiger partial charge in [0.25, 0.3) is 0 Å². The van der Waals surface area contributed by atoms with Crippen LogP contribution >= 0.6 is 11.6 Å².